The summed E-state index contributed by atoms with van der Waals surface area (Å²) < 4.78 is 25.1. The van der Waals surface area contributed by atoms with Gasteiger partial charge in [-0.2, -0.15) is 5.26 Å². The van der Waals surface area contributed by atoms with Crippen LogP contribution < -0.4 is 9.62 Å². The minimum absolute atomic E-state index is 0.331. The zero-order valence-electron chi connectivity index (χ0n) is 14.3. The van der Waals surface area contributed by atoms with E-state index in [2.05, 4.69) is 5.32 Å². The largest absolute Gasteiger partial charge is 0.324 e. The van der Waals surface area contributed by atoms with Crippen molar-refractivity contribution in [2.24, 2.45) is 0 Å². The molecule has 25 heavy (non-hydrogen) atoms. The Morgan fingerprint density at radius 3 is 2.16 bits per heavy atom. The lowest BCUT2D eigenvalue weighted by atomic mass is 10.1. The van der Waals surface area contributed by atoms with Gasteiger partial charge in [-0.3, -0.25) is 9.10 Å². The average molecular weight is 357 g/mol. The van der Waals surface area contributed by atoms with E-state index in [9.17, 15) is 13.2 Å². The van der Waals surface area contributed by atoms with E-state index < -0.39 is 15.9 Å². The number of benzene rings is 2. The second-order valence-corrected chi connectivity index (χ2v) is 7.76. The van der Waals surface area contributed by atoms with Crippen LogP contribution in [0.3, 0.4) is 0 Å². The summed E-state index contributed by atoms with van der Waals surface area (Å²) in [5.74, 6) is -0.445. The van der Waals surface area contributed by atoms with Gasteiger partial charge in [0, 0.05) is 5.69 Å². The fourth-order valence-electron chi connectivity index (χ4n) is 2.48. The van der Waals surface area contributed by atoms with Crippen LogP contribution in [0.25, 0.3) is 0 Å². The molecule has 0 radical (unpaired) electrons. The molecule has 0 aliphatic carbocycles. The molecule has 0 aliphatic heterocycles. The van der Waals surface area contributed by atoms with Crippen molar-refractivity contribution in [3.63, 3.8) is 0 Å². The number of carbonyl (C=O) groups is 1. The third-order valence-electron chi connectivity index (χ3n) is 3.48. The van der Waals surface area contributed by atoms with E-state index in [1.165, 1.54) is 24.3 Å². The summed E-state index contributed by atoms with van der Waals surface area (Å²) in [5, 5.41) is 11.6. The maximum atomic E-state index is 12.3. The van der Waals surface area contributed by atoms with Gasteiger partial charge in [0.1, 0.15) is 6.54 Å². The van der Waals surface area contributed by atoms with E-state index in [0.717, 1.165) is 21.7 Å². The van der Waals surface area contributed by atoms with E-state index in [1.807, 2.05) is 38.1 Å². The highest BCUT2D eigenvalue weighted by molar-refractivity contribution is 7.92. The van der Waals surface area contributed by atoms with Gasteiger partial charge >= 0.3 is 0 Å². The maximum Gasteiger partial charge on any atom is 0.245 e. The molecule has 6 nitrogen and oxygen atoms in total. The van der Waals surface area contributed by atoms with Crippen molar-refractivity contribution in [2.75, 3.05) is 22.4 Å². The summed E-state index contributed by atoms with van der Waals surface area (Å²) in [6.07, 6.45) is 1.04. The number of amides is 1. The van der Waals surface area contributed by atoms with Gasteiger partial charge < -0.3 is 5.32 Å². The van der Waals surface area contributed by atoms with Crippen molar-refractivity contribution in [3.8, 4) is 6.07 Å². The molecular weight excluding hydrogens is 338 g/mol. The molecule has 0 unspecified atom stereocenters. The molecule has 0 saturated carbocycles. The van der Waals surface area contributed by atoms with Gasteiger partial charge in [0.05, 0.1) is 23.6 Å². The molecule has 2 aromatic rings. The molecule has 1 N–H and O–H groups in total. The first kappa shape index (κ1) is 18.5. The number of sulfonamides is 1. The van der Waals surface area contributed by atoms with Crippen molar-refractivity contribution in [1.82, 2.24) is 0 Å². The summed E-state index contributed by atoms with van der Waals surface area (Å²) >= 11 is 0. The Hall–Kier alpha value is -2.85. The zero-order valence-corrected chi connectivity index (χ0v) is 15.1. The number of nitriles is 1. The molecule has 2 rings (SSSR count). The van der Waals surface area contributed by atoms with Crippen LogP contribution in [0.5, 0.6) is 0 Å². The molecule has 0 aliphatic rings. The van der Waals surface area contributed by atoms with Crippen molar-refractivity contribution in [1.29, 1.82) is 5.26 Å². The maximum absolute atomic E-state index is 12.3. The second-order valence-electron chi connectivity index (χ2n) is 5.85. The lowest BCUT2D eigenvalue weighted by Crippen LogP contribution is -2.37. The highest BCUT2D eigenvalue weighted by atomic mass is 32.2. The average Bonchev–Trinajstić information content (AvgIpc) is 2.50. The molecule has 0 fully saturated rings. The molecule has 2 aromatic carbocycles. The molecule has 0 bridgehead atoms. The van der Waals surface area contributed by atoms with Crippen LogP contribution in [0.2, 0.25) is 0 Å². The highest BCUT2D eigenvalue weighted by Crippen LogP contribution is 2.19. The van der Waals surface area contributed by atoms with Gasteiger partial charge in [-0.1, -0.05) is 6.07 Å². The van der Waals surface area contributed by atoms with Gasteiger partial charge in [-0.05, 0) is 61.4 Å². The Bertz CT molecular complexity index is 909. The van der Waals surface area contributed by atoms with Gasteiger partial charge in [0.2, 0.25) is 15.9 Å². The normalized spacial score (nSPS) is 10.8. The molecule has 7 heteroatoms. The molecule has 0 aromatic heterocycles. The van der Waals surface area contributed by atoms with E-state index in [4.69, 9.17) is 5.26 Å². The Kier molecular flexibility index (Phi) is 5.45. The van der Waals surface area contributed by atoms with Gasteiger partial charge in [-0.25, -0.2) is 8.42 Å². The number of rotatable bonds is 5. The third kappa shape index (κ3) is 5.06. The fraction of sp³-hybridized carbons (Fsp3) is 0.222. The number of nitrogens with zero attached hydrogens (tertiary/aromatic N) is 2. The standard InChI is InChI=1S/C18H19N3O3S/c1-13-8-14(2)10-16(9-13)20-18(22)12-21(25(3,23)24)17-6-4-15(11-19)5-7-17/h4-10H,12H2,1-3H3,(H,20,22). The van der Waals surface area contributed by atoms with Crippen molar-refractivity contribution >= 4 is 27.3 Å². The molecule has 1 amide bonds. The minimum atomic E-state index is -3.65. The number of carbonyl (C=O) groups excluding carboxylic acids is 1. The monoisotopic (exact) mass is 357 g/mol. The zero-order chi connectivity index (χ0) is 18.6. The summed E-state index contributed by atoms with van der Waals surface area (Å²) in [6.45, 7) is 3.49. The summed E-state index contributed by atoms with van der Waals surface area (Å²) in [7, 11) is -3.65. The SMILES string of the molecule is Cc1cc(C)cc(NC(=O)CN(c2ccc(C#N)cc2)S(C)(=O)=O)c1. The van der Waals surface area contributed by atoms with Crippen molar-refractivity contribution in [3.05, 3.63) is 59.2 Å². The molecule has 130 valence electrons. The summed E-state index contributed by atoms with van der Waals surface area (Å²) in [5.41, 5.74) is 3.37. The molecule has 0 spiro atoms. The molecule has 0 heterocycles. The van der Waals surface area contributed by atoms with Gasteiger partial charge in [0.15, 0.2) is 0 Å². The quantitative estimate of drug-likeness (QED) is 0.890. The molecule has 0 atom stereocenters. The van der Waals surface area contributed by atoms with Crippen LogP contribution >= 0.6 is 0 Å². The Labute approximate surface area is 147 Å². The minimum Gasteiger partial charge on any atom is -0.324 e. The van der Waals surface area contributed by atoms with Crippen LogP contribution in [0.1, 0.15) is 16.7 Å². The van der Waals surface area contributed by atoms with Crippen molar-refractivity contribution < 1.29 is 13.2 Å². The summed E-state index contributed by atoms with van der Waals surface area (Å²) in [4.78, 5) is 12.3. The van der Waals surface area contributed by atoms with E-state index in [-0.39, 0.29) is 6.54 Å². The first-order valence-electron chi connectivity index (χ1n) is 7.55. The van der Waals surface area contributed by atoms with Crippen LogP contribution in [-0.4, -0.2) is 27.1 Å². The van der Waals surface area contributed by atoms with E-state index >= 15 is 0 Å². The Morgan fingerprint density at radius 2 is 1.68 bits per heavy atom. The number of anilines is 2. The second kappa shape index (κ2) is 7.36. The topological polar surface area (TPSA) is 90.3 Å². The number of aryl methyl sites for hydroxylation is 2. The fourth-order valence-corrected chi connectivity index (χ4v) is 3.34. The Balaban J connectivity index is 2.22. The lowest BCUT2D eigenvalue weighted by Gasteiger charge is -2.22. The van der Waals surface area contributed by atoms with Crippen LogP contribution in [0.15, 0.2) is 42.5 Å². The van der Waals surface area contributed by atoms with Crippen LogP contribution in [0.4, 0.5) is 11.4 Å². The van der Waals surface area contributed by atoms with E-state index in [0.29, 0.717) is 16.9 Å². The first-order chi connectivity index (χ1) is 11.7. The molecular formula is C18H19N3O3S. The number of hydrogen-bond acceptors (Lipinski definition) is 4. The number of hydrogen-bond donors (Lipinski definition) is 1. The van der Waals surface area contributed by atoms with Gasteiger partial charge in [-0.15, -0.1) is 0 Å². The van der Waals surface area contributed by atoms with Crippen LogP contribution in [-0.2, 0) is 14.8 Å². The predicted molar refractivity (Wildman–Crippen MR) is 97.9 cm³/mol. The lowest BCUT2D eigenvalue weighted by molar-refractivity contribution is -0.114. The number of nitrogens with one attached hydrogen (secondary N) is 1. The first-order valence-corrected chi connectivity index (χ1v) is 9.40. The third-order valence-corrected chi connectivity index (χ3v) is 4.62. The highest BCUT2D eigenvalue weighted by Gasteiger charge is 2.21. The smallest absolute Gasteiger partial charge is 0.245 e. The van der Waals surface area contributed by atoms with Gasteiger partial charge in [0.25, 0.3) is 0 Å². The van der Waals surface area contributed by atoms with Crippen LogP contribution in [0, 0.1) is 25.2 Å². The summed E-state index contributed by atoms with van der Waals surface area (Å²) in [6, 6.07) is 13.6. The van der Waals surface area contributed by atoms with Crippen molar-refractivity contribution in [2.45, 2.75) is 13.8 Å². The Morgan fingerprint density at radius 1 is 1.12 bits per heavy atom. The van der Waals surface area contributed by atoms with E-state index in [1.54, 1.807) is 0 Å². The predicted octanol–water partition coefficient (Wildman–Crippen LogP) is 2.58. The molecule has 0 saturated heterocycles.